The summed E-state index contributed by atoms with van der Waals surface area (Å²) < 4.78 is 10.7. The molecule has 4 heteroatoms. The van der Waals surface area contributed by atoms with Crippen LogP contribution in [0.2, 0.25) is 0 Å². The first-order valence-electron chi connectivity index (χ1n) is 6.18. The largest absolute Gasteiger partial charge is 0.493 e. The maximum atomic E-state index is 5.77. The molecule has 0 saturated heterocycles. The van der Waals surface area contributed by atoms with E-state index in [0.29, 0.717) is 12.5 Å². The molecule has 0 spiro atoms. The fourth-order valence-electron chi connectivity index (χ4n) is 2.21. The summed E-state index contributed by atoms with van der Waals surface area (Å²) in [4.78, 5) is 0. The Hall–Kier alpha value is -1.26. The van der Waals surface area contributed by atoms with Gasteiger partial charge in [0.05, 0.1) is 14.2 Å². The third-order valence-electron chi connectivity index (χ3n) is 3.36. The minimum absolute atomic E-state index is 0.217. The quantitative estimate of drug-likeness (QED) is 0.811. The summed E-state index contributed by atoms with van der Waals surface area (Å²) in [5, 5.41) is 3.32. The van der Waals surface area contributed by atoms with Gasteiger partial charge < -0.3 is 20.5 Å². The summed E-state index contributed by atoms with van der Waals surface area (Å²) in [6.07, 6.45) is 0. The molecule has 102 valence electrons. The molecule has 0 aromatic heterocycles. The van der Waals surface area contributed by atoms with Gasteiger partial charge in [0.25, 0.3) is 0 Å². The lowest BCUT2D eigenvalue weighted by molar-refractivity contribution is 0.351. The van der Waals surface area contributed by atoms with E-state index in [1.165, 1.54) is 11.1 Å². The summed E-state index contributed by atoms with van der Waals surface area (Å²) in [6, 6.07) is 4.25. The van der Waals surface area contributed by atoms with E-state index in [2.05, 4.69) is 19.2 Å². The second kappa shape index (κ2) is 6.61. The summed E-state index contributed by atoms with van der Waals surface area (Å²) in [6.45, 7) is 4.85. The van der Waals surface area contributed by atoms with Crippen molar-refractivity contribution in [3.63, 3.8) is 0 Å². The molecule has 1 aromatic carbocycles. The zero-order chi connectivity index (χ0) is 13.7. The first kappa shape index (κ1) is 14.8. The van der Waals surface area contributed by atoms with Crippen LogP contribution >= 0.6 is 0 Å². The second-order valence-electron chi connectivity index (χ2n) is 4.54. The maximum absolute atomic E-state index is 5.77. The van der Waals surface area contributed by atoms with Crippen LogP contribution in [0.15, 0.2) is 12.1 Å². The Kier molecular flexibility index (Phi) is 5.44. The summed E-state index contributed by atoms with van der Waals surface area (Å²) in [7, 11) is 5.25. The summed E-state index contributed by atoms with van der Waals surface area (Å²) in [5.41, 5.74) is 8.14. The predicted octanol–water partition coefficient (Wildman–Crippen LogP) is 1.87. The molecule has 1 aromatic rings. The molecule has 0 heterocycles. The fraction of sp³-hybridized carbons (Fsp3) is 0.571. The molecule has 0 radical (unpaired) electrons. The Morgan fingerprint density at radius 1 is 1.22 bits per heavy atom. The van der Waals surface area contributed by atoms with E-state index in [-0.39, 0.29) is 6.04 Å². The molecule has 2 atom stereocenters. The average molecular weight is 252 g/mol. The number of nitrogens with one attached hydrogen (secondary N) is 1. The monoisotopic (exact) mass is 252 g/mol. The van der Waals surface area contributed by atoms with Gasteiger partial charge in [-0.2, -0.15) is 0 Å². The molecular weight excluding hydrogens is 228 g/mol. The van der Waals surface area contributed by atoms with Gasteiger partial charge in [-0.25, -0.2) is 0 Å². The highest BCUT2D eigenvalue weighted by Gasteiger charge is 2.20. The average Bonchev–Trinajstić information content (AvgIpc) is 2.40. The molecule has 1 rings (SSSR count). The maximum Gasteiger partial charge on any atom is 0.161 e. The Balaban J connectivity index is 3.22. The molecule has 0 aliphatic heterocycles. The molecule has 3 N–H and O–H groups in total. The van der Waals surface area contributed by atoms with Crippen molar-refractivity contribution < 1.29 is 9.47 Å². The van der Waals surface area contributed by atoms with E-state index < -0.39 is 0 Å². The lowest BCUT2D eigenvalue weighted by Crippen LogP contribution is -2.29. The van der Waals surface area contributed by atoms with Crippen LogP contribution in [0.25, 0.3) is 0 Å². The zero-order valence-electron chi connectivity index (χ0n) is 11.9. The van der Waals surface area contributed by atoms with E-state index in [9.17, 15) is 0 Å². The van der Waals surface area contributed by atoms with Crippen molar-refractivity contribution in [2.24, 2.45) is 11.7 Å². The van der Waals surface area contributed by atoms with Crippen LogP contribution in [0.1, 0.15) is 24.1 Å². The van der Waals surface area contributed by atoms with Gasteiger partial charge in [-0.15, -0.1) is 0 Å². The Morgan fingerprint density at radius 2 is 1.78 bits per heavy atom. The highest BCUT2D eigenvalue weighted by Crippen LogP contribution is 2.34. The van der Waals surface area contributed by atoms with Gasteiger partial charge in [-0.05, 0) is 49.7 Å². The topological polar surface area (TPSA) is 56.5 Å². The van der Waals surface area contributed by atoms with Crippen LogP contribution in [-0.2, 0) is 0 Å². The van der Waals surface area contributed by atoms with Crippen molar-refractivity contribution in [1.82, 2.24) is 5.32 Å². The minimum Gasteiger partial charge on any atom is -0.493 e. The van der Waals surface area contributed by atoms with Crippen molar-refractivity contribution in [2.75, 3.05) is 27.8 Å². The van der Waals surface area contributed by atoms with Gasteiger partial charge in [0.15, 0.2) is 11.5 Å². The van der Waals surface area contributed by atoms with Gasteiger partial charge in [0, 0.05) is 6.04 Å². The molecule has 0 fully saturated rings. The number of ether oxygens (including phenoxy) is 2. The molecule has 4 nitrogen and oxygen atoms in total. The third kappa shape index (κ3) is 2.94. The minimum atomic E-state index is 0.217. The van der Waals surface area contributed by atoms with Gasteiger partial charge >= 0.3 is 0 Å². The van der Waals surface area contributed by atoms with Crippen LogP contribution in [-0.4, -0.2) is 27.8 Å². The van der Waals surface area contributed by atoms with E-state index >= 15 is 0 Å². The molecule has 0 saturated carbocycles. The van der Waals surface area contributed by atoms with E-state index in [1.54, 1.807) is 14.2 Å². The predicted molar refractivity (Wildman–Crippen MR) is 74.3 cm³/mol. The number of hydrogen-bond donors (Lipinski definition) is 2. The van der Waals surface area contributed by atoms with Crippen LogP contribution in [0, 0.1) is 12.8 Å². The van der Waals surface area contributed by atoms with E-state index in [0.717, 1.165) is 11.5 Å². The number of rotatable bonds is 6. The SMILES string of the molecule is CNC(c1cc(OC)c(OC)cc1C)C(C)CN. The van der Waals surface area contributed by atoms with Crippen molar-refractivity contribution in [2.45, 2.75) is 19.9 Å². The number of nitrogens with two attached hydrogens (primary N) is 1. The third-order valence-corrected chi connectivity index (χ3v) is 3.36. The first-order chi connectivity index (χ1) is 8.58. The van der Waals surface area contributed by atoms with Crippen molar-refractivity contribution in [1.29, 1.82) is 0 Å². The Labute approximate surface area is 109 Å². The van der Waals surface area contributed by atoms with Crippen molar-refractivity contribution in [3.8, 4) is 11.5 Å². The van der Waals surface area contributed by atoms with Gasteiger partial charge in [-0.3, -0.25) is 0 Å². The van der Waals surface area contributed by atoms with Gasteiger partial charge in [0.2, 0.25) is 0 Å². The van der Waals surface area contributed by atoms with Crippen LogP contribution in [0.4, 0.5) is 0 Å². The molecule has 0 amide bonds. The number of methoxy groups -OCH3 is 2. The first-order valence-corrected chi connectivity index (χ1v) is 6.18. The lowest BCUT2D eigenvalue weighted by Gasteiger charge is -2.25. The number of aryl methyl sites for hydroxylation is 1. The fourth-order valence-corrected chi connectivity index (χ4v) is 2.21. The smallest absolute Gasteiger partial charge is 0.161 e. The summed E-state index contributed by atoms with van der Waals surface area (Å²) in [5.74, 6) is 1.86. The Morgan fingerprint density at radius 3 is 2.22 bits per heavy atom. The molecule has 18 heavy (non-hydrogen) atoms. The van der Waals surface area contributed by atoms with Gasteiger partial charge in [-0.1, -0.05) is 6.92 Å². The zero-order valence-corrected chi connectivity index (χ0v) is 11.9. The summed E-state index contributed by atoms with van der Waals surface area (Å²) >= 11 is 0. The highest BCUT2D eigenvalue weighted by atomic mass is 16.5. The molecule has 2 unspecified atom stereocenters. The lowest BCUT2D eigenvalue weighted by atomic mass is 9.91. The van der Waals surface area contributed by atoms with Gasteiger partial charge in [0.1, 0.15) is 0 Å². The standard InChI is InChI=1S/C14H24N2O2/c1-9-6-12(17-4)13(18-5)7-11(9)14(16-3)10(2)8-15/h6-7,10,14,16H,8,15H2,1-5H3. The van der Waals surface area contributed by atoms with Crippen molar-refractivity contribution in [3.05, 3.63) is 23.3 Å². The second-order valence-corrected chi connectivity index (χ2v) is 4.54. The van der Waals surface area contributed by atoms with E-state index in [4.69, 9.17) is 15.2 Å². The van der Waals surface area contributed by atoms with Crippen LogP contribution in [0.5, 0.6) is 11.5 Å². The molecule has 0 aliphatic carbocycles. The van der Waals surface area contributed by atoms with Crippen LogP contribution < -0.4 is 20.5 Å². The molecule has 0 bridgehead atoms. The molecule has 0 aliphatic rings. The normalized spacial score (nSPS) is 14.1. The van der Waals surface area contributed by atoms with Crippen LogP contribution in [0.3, 0.4) is 0 Å². The van der Waals surface area contributed by atoms with Crippen molar-refractivity contribution >= 4 is 0 Å². The number of hydrogen-bond acceptors (Lipinski definition) is 4. The molecular formula is C14H24N2O2. The Bertz CT molecular complexity index is 394. The van der Waals surface area contributed by atoms with E-state index in [1.807, 2.05) is 19.2 Å². The highest BCUT2D eigenvalue weighted by molar-refractivity contribution is 5.48. The number of benzene rings is 1.